The Bertz CT molecular complexity index is 357. The minimum atomic E-state index is -3.10. The zero-order chi connectivity index (χ0) is 11.8. The summed E-state index contributed by atoms with van der Waals surface area (Å²) < 4.78 is 30.4. The third-order valence-corrected chi connectivity index (χ3v) is 4.36. The number of nitrogens with zero attached hydrogens (tertiary/aromatic N) is 1. The standard InChI is InChI=1S/C10H20N2O3S/c1-15-8-10-4-3-5-12(10)7-9(6-10)11-16(2,13)14/h9,11H,3-8H2,1-2H3/t9-,10?/m1/s1. The summed E-state index contributed by atoms with van der Waals surface area (Å²) in [6.07, 6.45) is 4.39. The number of hydrogen-bond donors (Lipinski definition) is 1. The molecule has 0 aliphatic carbocycles. The first-order valence-corrected chi connectivity index (χ1v) is 7.56. The highest BCUT2D eigenvalue weighted by atomic mass is 32.2. The number of sulfonamides is 1. The summed E-state index contributed by atoms with van der Waals surface area (Å²) in [5.41, 5.74) is 0.0805. The van der Waals surface area contributed by atoms with Crippen molar-refractivity contribution < 1.29 is 13.2 Å². The van der Waals surface area contributed by atoms with E-state index in [1.54, 1.807) is 7.11 Å². The molecule has 0 radical (unpaired) electrons. The smallest absolute Gasteiger partial charge is 0.208 e. The molecular weight excluding hydrogens is 228 g/mol. The van der Waals surface area contributed by atoms with Crippen LogP contribution in [0.4, 0.5) is 0 Å². The van der Waals surface area contributed by atoms with Crippen LogP contribution in [0.15, 0.2) is 0 Å². The van der Waals surface area contributed by atoms with Gasteiger partial charge < -0.3 is 4.74 Å². The first-order chi connectivity index (χ1) is 7.45. The van der Waals surface area contributed by atoms with Crippen molar-refractivity contribution in [2.75, 3.05) is 33.1 Å². The summed E-state index contributed by atoms with van der Waals surface area (Å²) in [6, 6.07) is 0.0467. The Hall–Kier alpha value is -0.170. The van der Waals surface area contributed by atoms with Gasteiger partial charge in [0.2, 0.25) is 10.0 Å². The van der Waals surface area contributed by atoms with Crippen molar-refractivity contribution in [1.82, 2.24) is 9.62 Å². The predicted octanol–water partition coefficient (Wildman–Crippen LogP) is -0.211. The van der Waals surface area contributed by atoms with E-state index in [2.05, 4.69) is 9.62 Å². The predicted molar refractivity (Wildman–Crippen MR) is 61.8 cm³/mol. The number of ether oxygens (including phenoxy) is 1. The fraction of sp³-hybridized carbons (Fsp3) is 1.00. The van der Waals surface area contributed by atoms with Gasteiger partial charge in [-0.2, -0.15) is 0 Å². The molecule has 16 heavy (non-hydrogen) atoms. The van der Waals surface area contributed by atoms with E-state index in [1.807, 2.05) is 0 Å². The maximum absolute atomic E-state index is 11.2. The lowest BCUT2D eigenvalue weighted by Gasteiger charge is -2.30. The lowest BCUT2D eigenvalue weighted by Crippen LogP contribution is -2.42. The summed E-state index contributed by atoms with van der Waals surface area (Å²) in [4.78, 5) is 2.37. The lowest BCUT2D eigenvalue weighted by molar-refractivity contribution is 0.0654. The normalized spacial score (nSPS) is 35.5. The maximum atomic E-state index is 11.2. The molecule has 0 aromatic heterocycles. The summed E-state index contributed by atoms with van der Waals surface area (Å²) in [5, 5.41) is 0. The zero-order valence-electron chi connectivity index (χ0n) is 9.90. The molecule has 0 spiro atoms. The molecular formula is C10H20N2O3S. The third kappa shape index (κ3) is 2.40. The molecule has 2 saturated heterocycles. The van der Waals surface area contributed by atoms with E-state index in [9.17, 15) is 8.42 Å². The second-order valence-electron chi connectivity index (χ2n) is 5.00. The van der Waals surface area contributed by atoms with Crippen LogP contribution >= 0.6 is 0 Å². The van der Waals surface area contributed by atoms with Gasteiger partial charge in [-0.25, -0.2) is 13.1 Å². The molecule has 0 aromatic carbocycles. The van der Waals surface area contributed by atoms with Crippen molar-refractivity contribution in [1.29, 1.82) is 0 Å². The monoisotopic (exact) mass is 248 g/mol. The Morgan fingerprint density at radius 2 is 2.31 bits per heavy atom. The van der Waals surface area contributed by atoms with Crippen LogP contribution in [0.3, 0.4) is 0 Å². The lowest BCUT2D eigenvalue weighted by atomic mass is 9.94. The summed E-state index contributed by atoms with van der Waals surface area (Å²) in [5.74, 6) is 0. The molecule has 2 fully saturated rings. The SMILES string of the molecule is COCC12CCCN1C[C@H](NS(C)(=O)=O)C2. The maximum Gasteiger partial charge on any atom is 0.208 e. The minimum Gasteiger partial charge on any atom is -0.383 e. The van der Waals surface area contributed by atoms with Crippen LogP contribution in [0, 0.1) is 0 Å². The van der Waals surface area contributed by atoms with E-state index < -0.39 is 10.0 Å². The van der Waals surface area contributed by atoms with E-state index in [4.69, 9.17) is 4.74 Å². The van der Waals surface area contributed by atoms with Crippen LogP contribution in [0.5, 0.6) is 0 Å². The molecule has 0 saturated carbocycles. The molecule has 2 heterocycles. The second-order valence-corrected chi connectivity index (χ2v) is 6.78. The summed E-state index contributed by atoms with van der Waals surface area (Å²) in [7, 11) is -1.39. The molecule has 5 nitrogen and oxygen atoms in total. The largest absolute Gasteiger partial charge is 0.383 e. The number of rotatable bonds is 4. The van der Waals surface area contributed by atoms with Gasteiger partial charge in [0.15, 0.2) is 0 Å². The van der Waals surface area contributed by atoms with Crippen molar-refractivity contribution in [3.63, 3.8) is 0 Å². The van der Waals surface area contributed by atoms with E-state index in [0.29, 0.717) is 6.61 Å². The van der Waals surface area contributed by atoms with Gasteiger partial charge in [-0.1, -0.05) is 0 Å². The fourth-order valence-corrected chi connectivity index (χ4v) is 3.94. The molecule has 94 valence electrons. The van der Waals surface area contributed by atoms with E-state index in [-0.39, 0.29) is 11.6 Å². The Labute approximate surface area is 97.2 Å². The highest BCUT2D eigenvalue weighted by molar-refractivity contribution is 7.88. The van der Waals surface area contributed by atoms with Gasteiger partial charge >= 0.3 is 0 Å². The molecule has 2 atom stereocenters. The molecule has 0 bridgehead atoms. The molecule has 1 N–H and O–H groups in total. The van der Waals surface area contributed by atoms with Crippen LogP contribution in [0.25, 0.3) is 0 Å². The van der Waals surface area contributed by atoms with Crippen molar-refractivity contribution in [2.45, 2.75) is 30.8 Å². The van der Waals surface area contributed by atoms with Gasteiger partial charge in [0, 0.05) is 25.2 Å². The Morgan fingerprint density at radius 3 is 2.94 bits per heavy atom. The van der Waals surface area contributed by atoms with Gasteiger partial charge in [0.1, 0.15) is 0 Å². The second kappa shape index (κ2) is 4.25. The first kappa shape index (κ1) is 12.3. The van der Waals surface area contributed by atoms with Gasteiger partial charge in [-0.3, -0.25) is 4.90 Å². The van der Waals surface area contributed by atoms with Crippen LogP contribution in [0.1, 0.15) is 19.3 Å². The molecule has 2 rings (SSSR count). The van der Waals surface area contributed by atoms with Gasteiger partial charge in [-0.15, -0.1) is 0 Å². The van der Waals surface area contributed by atoms with Crippen molar-refractivity contribution in [2.24, 2.45) is 0 Å². The molecule has 0 aromatic rings. The van der Waals surface area contributed by atoms with Gasteiger partial charge in [-0.05, 0) is 25.8 Å². The Kier molecular flexibility index (Phi) is 3.27. The van der Waals surface area contributed by atoms with E-state index >= 15 is 0 Å². The van der Waals surface area contributed by atoms with E-state index in [0.717, 1.165) is 25.9 Å². The average Bonchev–Trinajstić information content (AvgIpc) is 2.57. The van der Waals surface area contributed by atoms with Crippen molar-refractivity contribution >= 4 is 10.0 Å². The Balaban J connectivity index is 2.05. The first-order valence-electron chi connectivity index (χ1n) is 5.66. The zero-order valence-corrected chi connectivity index (χ0v) is 10.7. The third-order valence-electron chi connectivity index (χ3n) is 3.60. The number of nitrogens with one attached hydrogen (secondary N) is 1. The quantitative estimate of drug-likeness (QED) is 0.748. The number of methoxy groups -OCH3 is 1. The van der Waals surface area contributed by atoms with Crippen LogP contribution in [0.2, 0.25) is 0 Å². The van der Waals surface area contributed by atoms with Crippen molar-refractivity contribution in [3.05, 3.63) is 0 Å². The van der Waals surface area contributed by atoms with Gasteiger partial charge in [0.25, 0.3) is 0 Å². The molecule has 6 heteroatoms. The van der Waals surface area contributed by atoms with Crippen LogP contribution in [-0.4, -0.2) is 58.0 Å². The highest BCUT2D eigenvalue weighted by Gasteiger charge is 2.48. The van der Waals surface area contributed by atoms with Crippen LogP contribution < -0.4 is 4.72 Å². The minimum absolute atomic E-state index is 0.0467. The van der Waals surface area contributed by atoms with Crippen molar-refractivity contribution in [3.8, 4) is 0 Å². The van der Waals surface area contributed by atoms with Crippen LogP contribution in [-0.2, 0) is 14.8 Å². The van der Waals surface area contributed by atoms with E-state index in [1.165, 1.54) is 12.7 Å². The molecule has 1 unspecified atom stereocenters. The summed E-state index contributed by atoms with van der Waals surface area (Å²) >= 11 is 0. The highest BCUT2D eigenvalue weighted by Crippen LogP contribution is 2.39. The number of hydrogen-bond acceptors (Lipinski definition) is 4. The molecule has 0 amide bonds. The fourth-order valence-electron chi connectivity index (χ4n) is 3.17. The van der Waals surface area contributed by atoms with Gasteiger partial charge in [0.05, 0.1) is 12.9 Å². The average molecular weight is 248 g/mol. The number of fused-ring (bicyclic) bond motifs is 1. The molecule has 2 aliphatic rings. The summed E-state index contributed by atoms with van der Waals surface area (Å²) in [6.45, 7) is 2.58. The topological polar surface area (TPSA) is 58.6 Å². The Morgan fingerprint density at radius 1 is 1.56 bits per heavy atom. The molecule has 2 aliphatic heterocycles.